The number of amides is 1. The molecule has 0 aromatic heterocycles. The number of ether oxygens (including phenoxy) is 2. The summed E-state index contributed by atoms with van der Waals surface area (Å²) in [5.41, 5.74) is 2.56. The Labute approximate surface area is 136 Å². The van der Waals surface area contributed by atoms with Gasteiger partial charge in [0.25, 0.3) is 0 Å². The van der Waals surface area contributed by atoms with Crippen molar-refractivity contribution in [2.24, 2.45) is 0 Å². The fourth-order valence-corrected chi connectivity index (χ4v) is 2.84. The van der Waals surface area contributed by atoms with Gasteiger partial charge < -0.3 is 14.8 Å². The summed E-state index contributed by atoms with van der Waals surface area (Å²) >= 11 is 0. The first-order chi connectivity index (χ1) is 11.3. The molecule has 1 amide bonds. The number of para-hydroxylation sites is 1. The molecule has 23 heavy (non-hydrogen) atoms. The summed E-state index contributed by atoms with van der Waals surface area (Å²) in [6.45, 7) is 0.893. The Balaban J connectivity index is 1.34. The van der Waals surface area contributed by atoms with Crippen LogP contribution in [0, 0.1) is 0 Å². The van der Waals surface area contributed by atoms with E-state index in [1.807, 2.05) is 42.5 Å². The molecule has 0 radical (unpaired) electrons. The smallest absolute Gasteiger partial charge is 0.246 e. The Hall–Kier alpha value is -2.33. The van der Waals surface area contributed by atoms with Crippen molar-refractivity contribution in [1.82, 2.24) is 5.32 Å². The molecule has 1 atom stereocenters. The molecule has 0 heterocycles. The van der Waals surface area contributed by atoms with Gasteiger partial charge in [0.15, 0.2) is 0 Å². The van der Waals surface area contributed by atoms with E-state index in [1.54, 1.807) is 0 Å². The van der Waals surface area contributed by atoms with Gasteiger partial charge in [-0.3, -0.25) is 4.79 Å². The zero-order valence-corrected chi connectivity index (χ0v) is 13.0. The molecule has 0 spiro atoms. The van der Waals surface area contributed by atoms with Crippen LogP contribution in [0.2, 0.25) is 0 Å². The summed E-state index contributed by atoms with van der Waals surface area (Å²) in [4.78, 5) is 12.0. The Morgan fingerprint density at radius 3 is 2.70 bits per heavy atom. The molecule has 0 saturated heterocycles. The molecular formula is C19H21NO3. The van der Waals surface area contributed by atoms with E-state index < -0.39 is 0 Å². The SMILES string of the molecule is O=C(COCCOc1ccccc1)N[C@@H]1CCc2ccccc21. The molecule has 0 bridgehead atoms. The van der Waals surface area contributed by atoms with Crippen molar-refractivity contribution in [3.63, 3.8) is 0 Å². The first-order valence-corrected chi connectivity index (χ1v) is 7.96. The topological polar surface area (TPSA) is 47.6 Å². The third-order valence-corrected chi connectivity index (χ3v) is 3.94. The summed E-state index contributed by atoms with van der Waals surface area (Å²) in [5, 5.41) is 3.04. The van der Waals surface area contributed by atoms with Crippen molar-refractivity contribution in [3.05, 3.63) is 65.7 Å². The number of hydrogen-bond donors (Lipinski definition) is 1. The molecule has 0 fully saturated rings. The minimum Gasteiger partial charge on any atom is -0.491 e. The first-order valence-electron chi connectivity index (χ1n) is 7.96. The van der Waals surface area contributed by atoms with Crippen LogP contribution in [-0.2, 0) is 16.0 Å². The third kappa shape index (κ3) is 4.33. The van der Waals surface area contributed by atoms with E-state index in [4.69, 9.17) is 9.47 Å². The van der Waals surface area contributed by atoms with Crippen molar-refractivity contribution >= 4 is 5.91 Å². The number of aryl methyl sites for hydroxylation is 1. The highest BCUT2D eigenvalue weighted by Gasteiger charge is 2.23. The van der Waals surface area contributed by atoms with Crippen LogP contribution in [-0.4, -0.2) is 25.7 Å². The molecule has 2 aromatic carbocycles. The van der Waals surface area contributed by atoms with E-state index in [0.717, 1.165) is 18.6 Å². The number of carbonyl (C=O) groups excluding carboxylic acids is 1. The molecule has 4 heteroatoms. The molecule has 1 N–H and O–H groups in total. The Morgan fingerprint density at radius 2 is 1.83 bits per heavy atom. The van der Waals surface area contributed by atoms with Gasteiger partial charge in [-0.15, -0.1) is 0 Å². The van der Waals surface area contributed by atoms with E-state index in [-0.39, 0.29) is 18.6 Å². The lowest BCUT2D eigenvalue weighted by atomic mass is 10.1. The molecule has 0 aliphatic heterocycles. The van der Waals surface area contributed by atoms with Crippen LogP contribution >= 0.6 is 0 Å². The van der Waals surface area contributed by atoms with E-state index in [2.05, 4.69) is 17.4 Å². The lowest BCUT2D eigenvalue weighted by molar-refractivity contribution is -0.126. The number of nitrogens with one attached hydrogen (secondary N) is 1. The van der Waals surface area contributed by atoms with Crippen molar-refractivity contribution in [2.45, 2.75) is 18.9 Å². The van der Waals surface area contributed by atoms with Gasteiger partial charge in [-0.05, 0) is 36.1 Å². The van der Waals surface area contributed by atoms with Crippen LogP contribution in [0.5, 0.6) is 5.75 Å². The third-order valence-electron chi connectivity index (χ3n) is 3.94. The Kier molecular flexibility index (Phi) is 5.27. The van der Waals surface area contributed by atoms with Crippen molar-refractivity contribution in [2.75, 3.05) is 19.8 Å². The van der Waals surface area contributed by atoms with Crippen LogP contribution in [0.1, 0.15) is 23.6 Å². The van der Waals surface area contributed by atoms with Gasteiger partial charge in [0.1, 0.15) is 19.0 Å². The lowest BCUT2D eigenvalue weighted by Gasteiger charge is -2.14. The van der Waals surface area contributed by atoms with Crippen LogP contribution in [0.3, 0.4) is 0 Å². The zero-order chi connectivity index (χ0) is 15.9. The predicted octanol–water partition coefficient (Wildman–Crippen LogP) is 2.89. The number of benzene rings is 2. The standard InChI is InChI=1S/C19H21NO3/c21-19(14-22-12-13-23-16-7-2-1-3-8-16)20-18-11-10-15-6-4-5-9-17(15)18/h1-9,18H,10-14H2,(H,20,21)/t18-/m1/s1. The zero-order valence-electron chi connectivity index (χ0n) is 13.0. The minimum absolute atomic E-state index is 0.0663. The summed E-state index contributed by atoms with van der Waals surface area (Å²) in [6, 6.07) is 17.9. The van der Waals surface area contributed by atoms with Gasteiger partial charge >= 0.3 is 0 Å². The van der Waals surface area contributed by atoms with Gasteiger partial charge in [0.2, 0.25) is 5.91 Å². The number of hydrogen-bond acceptors (Lipinski definition) is 3. The highest BCUT2D eigenvalue weighted by Crippen LogP contribution is 2.30. The predicted molar refractivity (Wildman–Crippen MR) is 88.4 cm³/mol. The average molecular weight is 311 g/mol. The fraction of sp³-hybridized carbons (Fsp3) is 0.316. The molecule has 2 aromatic rings. The van der Waals surface area contributed by atoms with Gasteiger partial charge in [-0.1, -0.05) is 42.5 Å². The van der Waals surface area contributed by atoms with Crippen LogP contribution < -0.4 is 10.1 Å². The summed E-state index contributed by atoms with van der Waals surface area (Å²) in [7, 11) is 0. The lowest BCUT2D eigenvalue weighted by Crippen LogP contribution is -2.31. The number of fused-ring (bicyclic) bond motifs is 1. The van der Waals surface area contributed by atoms with Crippen molar-refractivity contribution in [1.29, 1.82) is 0 Å². The van der Waals surface area contributed by atoms with Crippen LogP contribution in [0.25, 0.3) is 0 Å². The quantitative estimate of drug-likeness (QED) is 0.800. The van der Waals surface area contributed by atoms with Gasteiger partial charge in [-0.25, -0.2) is 0 Å². The van der Waals surface area contributed by atoms with E-state index in [1.165, 1.54) is 11.1 Å². The largest absolute Gasteiger partial charge is 0.491 e. The van der Waals surface area contributed by atoms with E-state index >= 15 is 0 Å². The molecule has 4 nitrogen and oxygen atoms in total. The number of rotatable bonds is 7. The maximum absolute atomic E-state index is 12.0. The second-order valence-corrected chi connectivity index (χ2v) is 5.57. The molecule has 1 aliphatic carbocycles. The molecule has 120 valence electrons. The van der Waals surface area contributed by atoms with E-state index in [0.29, 0.717) is 13.2 Å². The maximum Gasteiger partial charge on any atom is 0.246 e. The maximum atomic E-state index is 12.0. The molecule has 0 saturated carbocycles. The minimum atomic E-state index is -0.0774. The van der Waals surface area contributed by atoms with Gasteiger partial charge in [-0.2, -0.15) is 0 Å². The monoisotopic (exact) mass is 311 g/mol. The molecule has 3 rings (SSSR count). The van der Waals surface area contributed by atoms with Crippen molar-refractivity contribution < 1.29 is 14.3 Å². The Bertz CT molecular complexity index is 642. The first kappa shape index (κ1) is 15.6. The van der Waals surface area contributed by atoms with Gasteiger partial charge in [0, 0.05) is 0 Å². The molecule has 1 aliphatic rings. The summed E-state index contributed by atoms with van der Waals surface area (Å²) in [6.07, 6.45) is 1.98. The second kappa shape index (κ2) is 7.79. The molecular weight excluding hydrogens is 290 g/mol. The Morgan fingerprint density at radius 1 is 1.04 bits per heavy atom. The van der Waals surface area contributed by atoms with Crippen LogP contribution in [0.4, 0.5) is 0 Å². The number of carbonyl (C=O) groups is 1. The molecule has 0 unspecified atom stereocenters. The van der Waals surface area contributed by atoms with Gasteiger partial charge in [0.05, 0.1) is 12.6 Å². The second-order valence-electron chi connectivity index (χ2n) is 5.57. The summed E-state index contributed by atoms with van der Waals surface area (Å²) < 4.78 is 10.9. The average Bonchev–Trinajstić information content (AvgIpc) is 2.99. The van der Waals surface area contributed by atoms with E-state index in [9.17, 15) is 4.79 Å². The highest BCUT2D eigenvalue weighted by atomic mass is 16.5. The summed E-state index contributed by atoms with van der Waals surface area (Å²) in [5.74, 6) is 0.731. The fourth-order valence-electron chi connectivity index (χ4n) is 2.84. The highest BCUT2D eigenvalue weighted by molar-refractivity contribution is 5.77. The van der Waals surface area contributed by atoms with Crippen LogP contribution in [0.15, 0.2) is 54.6 Å². The normalized spacial score (nSPS) is 15.9. The van der Waals surface area contributed by atoms with Crippen molar-refractivity contribution in [3.8, 4) is 5.75 Å².